The molecule has 146 valence electrons. The van der Waals surface area contributed by atoms with Crippen LogP contribution in [0.1, 0.15) is 42.1 Å². The summed E-state index contributed by atoms with van der Waals surface area (Å²) >= 11 is 1.39. The number of amides is 1. The molecule has 2 heterocycles. The van der Waals surface area contributed by atoms with Crippen molar-refractivity contribution in [1.82, 2.24) is 14.9 Å². The summed E-state index contributed by atoms with van der Waals surface area (Å²) < 4.78 is 10.6. The van der Waals surface area contributed by atoms with Crippen LogP contribution >= 0.6 is 11.8 Å². The van der Waals surface area contributed by atoms with Crippen LogP contribution in [0.5, 0.6) is 0 Å². The SMILES string of the molecule is COC(=O)C1c2nc(SC)ncc2C2(CCC2)N1C(=O)OCc1ccccc1. The maximum atomic E-state index is 13.1. The Morgan fingerprint density at radius 3 is 2.64 bits per heavy atom. The molecule has 1 fully saturated rings. The largest absolute Gasteiger partial charge is 0.467 e. The third-order valence-corrected chi connectivity index (χ3v) is 6.03. The Kier molecular flexibility index (Phi) is 4.97. The summed E-state index contributed by atoms with van der Waals surface area (Å²) in [6, 6.07) is 8.54. The smallest absolute Gasteiger partial charge is 0.411 e. The first-order valence-corrected chi connectivity index (χ1v) is 10.3. The van der Waals surface area contributed by atoms with Crippen LogP contribution in [0, 0.1) is 0 Å². The quantitative estimate of drug-likeness (QED) is 0.442. The van der Waals surface area contributed by atoms with E-state index in [2.05, 4.69) is 9.97 Å². The van der Waals surface area contributed by atoms with E-state index in [4.69, 9.17) is 9.47 Å². The van der Waals surface area contributed by atoms with Crippen LogP contribution in [-0.2, 0) is 26.4 Å². The maximum Gasteiger partial charge on any atom is 0.411 e. The van der Waals surface area contributed by atoms with Crippen LogP contribution in [0.4, 0.5) is 4.79 Å². The van der Waals surface area contributed by atoms with Gasteiger partial charge in [-0.2, -0.15) is 0 Å². The van der Waals surface area contributed by atoms with Gasteiger partial charge in [-0.25, -0.2) is 19.6 Å². The average molecular weight is 399 g/mol. The standard InChI is InChI=1S/C20H21N3O4S/c1-26-17(24)16-15-14(11-21-18(22-15)28-2)20(9-6-10-20)23(16)19(25)27-12-13-7-4-3-5-8-13/h3-5,7-8,11,16H,6,9-10,12H2,1-2H3. The lowest BCUT2D eigenvalue weighted by atomic mass is 9.73. The highest BCUT2D eigenvalue weighted by Gasteiger charge is 2.60. The monoisotopic (exact) mass is 399 g/mol. The van der Waals surface area contributed by atoms with Crippen molar-refractivity contribution in [1.29, 1.82) is 0 Å². The molecule has 1 unspecified atom stereocenters. The topological polar surface area (TPSA) is 81.6 Å². The van der Waals surface area contributed by atoms with E-state index in [1.165, 1.54) is 23.8 Å². The minimum absolute atomic E-state index is 0.137. The van der Waals surface area contributed by atoms with Gasteiger partial charge in [-0.3, -0.25) is 4.90 Å². The van der Waals surface area contributed by atoms with Crippen molar-refractivity contribution in [2.75, 3.05) is 13.4 Å². The van der Waals surface area contributed by atoms with Crippen molar-refractivity contribution in [3.05, 3.63) is 53.3 Å². The van der Waals surface area contributed by atoms with Crippen LogP contribution in [0.3, 0.4) is 0 Å². The Balaban J connectivity index is 1.69. The van der Waals surface area contributed by atoms with Gasteiger partial charge in [0.2, 0.25) is 0 Å². The molecule has 0 radical (unpaired) electrons. The Morgan fingerprint density at radius 2 is 2.04 bits per heavy atom. The van der Waals surface area contributed by atoms with Gasteiger partial charge in [-0.1, -0.05) is 42.1 Å². The van der Waals surface area contributed by atoms with E-state index in [9.17, 15) is 9.59 Å². The lowest BCUT2D eigenvalue weighted by molar-refractivity contribution is -0.149. The number of ether oxygens (including phenoxy) is 2. The van der Waals surface area contributed by atoms with Crippen molar-refractivity contribution >= 4 is 23.8 Å². The first kappa shape index (κ1) is 18.7. The van der Waals surface area contributed by atoms with E-state index in [0.29, 0.717) is 10.9 Å². The molecule has 4 rings (SSSR count). The third-order valence-electron chi connectivity index (χ3n) is 5.47. The second-order valence-corrected chi connectivity index (χ2v) is 7.65. The molecule has 1 amide bonds. The van der Waals surface area contributed by atoms with Crippen LogP contribution in [0.15, 0.2) is 41.7 Å². The maximum absolute atomic E-state index is 13.1. The second kappa shape index (κ2) is 7.43. The minimum Gasteiger partial charge on any atom is -0.467 e. The van der Waals surface area contributed by atoms with Gasteiger partial charge >= 0.3 is 12.1 Å². The number of aromatic nitrogens is 2. The molecule has 1 saturated carbocycles. The molecule has 1 atom stereocenters. The molecule has 0 saturated heterocycles. The number of benzene rings is 1. The molecule has 28 heavy (non-hydrogen) atoms. The Morgan fingerprint density at radius 1 is 1.29 bits per heavy atom. The zero-order valence-electron chi connectivity index (χ0n) is 15.8. The predicted octanol–water partition coefficient (Wildman–Crippen LogP) is 3.44. The number of esters is 1. The highest BCUT2D eigenvalue weighted by molar-refractivity contribution is 7.98. The average Bonchev–Trinajstić information content (AvgIpc) is 3.02. The highest BCUT2D eigenvalue weighted by atomic mass is 32.2. The van der Waals surface area contributed by atoms with Gasteiger partial charge in [-0.15, -0.1) is 0 Å². The van der Waals surface area contributed by atoms with E-state index in [-0.39, 0.29) is 6.61 Å². The lowest BCUT2D eigenvalue weighted by Crippen LogP contribution is -2.52. The predicted molar refractivity (Wildman–Crippen MR) is 103 cm³/mol. The second-order valence-electron chi connectivity index (χ2n) is 6.88. The molecular formula is C20H21N3O4S. The Labute approximate surface area is 167 Å². The van der Waals surface area contributed by atoms with Gasteiger partial charge < -0.3 is 9.47 Å². The number of fused-ring (bicyclic) bond motifs is 2. The van der Waals surface area contributed by atoms with E-state index < -0.39 is 23.6 Å². The van der Waals surface area contributed by atoms with Crippen molar-refractivity contribution in [3.8, 4) is 0 Å². The summed E-state index contributed by atoms with van der Waals surface area (Å²) in [6.45, 7) is 0.137. The molecule has 1 spiro atoms. The molecule has 1 aliphatic heterocycles. The Bertz CT molecular complexity index is 902. The number of hydrogen-bond acceptors (Lipinski definition) is 7. The number of hydrogen-bond donors (Lipinski definition) is 0. The first-order valence-electron chi connectivity index (χ1n) is 9.10. The number of carbonyl (C=O) groups excluding carboxylic acids is 2. The summed E-state index contributed by atoms with van der Waals surface area (Å²) in [7, 11) is 1.32. The van der Waals surface area contributed by atoms with Crippen molar-refractivity contribution in [2.45, 2.75) is 42.6 Å². The van der Waals surface area contributed by atoms with E-state index in [1.54, 1.807) is 6.20 Å². The number of nitrogens with zero attached hydrogens (tertiary/aromatic N) is 3. The molecule has 7 nitrogen and oxygen atoms in total. The minimum atomic E-state index is -0.919. The fraction of sp³-hybridized carbons (Fsp3) is 0.400. The normalized spacial score (nSPS) is 19.1. The molecule has 1 aromatic heterocycles. The summed E-state index contributed by atoms with van der Waals surface area (Å²) in [4.78, 5) is 36.2. The van der Waals surface area contributed by atoms with Crippen LogP contribution in [0.25, 0.3) is 0 Å². The van der Waals surface area contributed by atoms with E-state index in [1.807, 2.05) is 36.6 Å². The summed E-state index contributed by atoms with van der Waals surface area (Å²) in [6.07, 6.45) is 5.52. The van der Waals surface area contributed by atoms with E-state index >= 15 is 0 Å². The first-order chi connectivity index (χ1) is 13.6. The van der Waals surface area contributed by atoms with E-state index in [0.717, 1.165) is 30.4 Å². The van der Waals surface area contributed by atoms with Gasteiger partial charge in [0.1, 0.15) is 6.61 Å². The number of methoxy groups -OCH3 is 1. The number of carbonyl (C=O) groups is 2. The summed E-state index contributed by atoms with van der Waals surface area (Å²) in [5.74, 6) is -0.521. The highest BCUT2D eigenvalue weighted by Crippen LogP contribution is 2.56. The molecular weight excluding hydrogens is 378 g/mol. The van der Waals surface area contributed by atoms with Crippen LogP contribution in [-0.4, -0.2) is 40.3 Å². The zero-order valence-corrected chi connectivity index (χ0v) is 16.6. The molecule has 0 bridgehead atoms. The Hall–Kier alpha value is -2.61. The molecule has 8 heteroatoms. The van der Waals surface area contributed by atoms with Crippen LogP contribution in [0.2, 0.25) is 0 Å². The van der Waals surface area contributed by atoms with Gasteiger partial charge in [0.05, 0.1) is 18.3 Å². The van der Waals surface area contributed by atoms with Gasteiger partial charge in [0, 0.05) is 11.8 Å². The molecule has 2 aliphatic rings. The number of thioether (sulfide) groups is 1. The summed E-state index contributed by atoms with van der Waals surface area (Å²) in [5, 5.41) is 0.557. The zero-order chi connectivity index (χ0) is 19.7. The molecule has 2 aromatic rings. The third kappa shape index (κ3) is 2.92. The van der Waals surface area contributed by atoms with Crippen molar-refractivity contribution < 1.29 is 19.1 Å². The molecule has 0 N–H and O–H groups in total. The lowest BCUT2D eigenvalue weighted by Gasteiger charge is -2.46. The van der Waals surface area contributed by atoms with Crippen molar-refractivity contribution in [2.24, 2.45) is 0 Å². The summed E-state index contributed by atoms with van der Waals surface area (Å²) in [5.41, 5.74) is 1.65. The molecule has 1 aliphatic carbocycles. The van der Waals surface area contributed by atoms with Crippen molar-refractivity contribution in [3.63, 3.8) is 0 Å². The van der Waals surface area contributed by atoms with Gasteiger partial charge in [0.25, 0.3) is 0 Å². The fourth-order valence-electron chi connectivity index (χ4n) is 3.96. The fourth-order valence-corrected chi connectivity index (χ4v) is 4.31. The van der Waals surface area contributed by atoms with Crippen LogP contribution < -0.4 is 0 Å². The molecule has 1 aromatic carbocycles. The van der Waals surface area contributed by atoms with Gasteiger partial charge in [0.15, 0.2) is 11.2 Å². The number of rotatable bonds is 4. The van der Waals surface area contributed by atoms with Gasteiger partial charge in [-0.05, 0) is 31.1 Å².